The normalized spacial score (nSPS) is 12.7. The van der Waals surface area contributed by atoms with Crippen LogP contribution in [-0.2, 0) is 11.2 Å². The van der Waals surface area contributed by atoms with E-state index in [2.05, 4.69) is 44.2 Å². The quantitative estimate of drug-likeness (QED) is 0.616. The van der Waals surface area contributed by atoms with E-state index in [0.29, 0.717) is 6.10 Å². The average molecular weight is 206 g/mol. The van der Waals surface area contributed by atoms with Gasteiger partial charge in [0.1, 0.15) is 0 Å². The van der Waals surface area contributed by atoms with Gasteiger partial charge in [0, 0.05) is 6.61 Å². The third-order valence-electron chi connectivity index (χ3n) is 2.52. The van der Waals surface area contributed by atoms with Crippen molar-refractivity contribution in [1.29, 1.82) is 0 Å². The molecule has 84 valence electrons. The minimum atomic E-state index is 0.337. The number of hydrogen-bond acceptors (Lipinski definition) is 1. The summed E-state index contributed by atoms with van der Waals surface area (Å²) in [6.07, 6.45) is 5.08. The molecule has 0 aliphatic rings. The Labute approximate surface area is 93.5 Å². The van der Waals surface area contributed by atoms with Crippen LogP contribution in [0.5, 0.6) is 0 Å². The van der Waals surface area contributed by atoms with Gasteiger partial charge in [-0.05, 0) is 25.3 Å². The van der Waals surface area contributed by atoms with Crippen molar-refractivity contribution in [3.8, 4) is 0 Å². The molecule has 0 aromatic heterocycles. The van der Waals surface area contributed by atoms with Gasteiger partial charge >= 0.3 is 0 Å². The molecule has 1 heteroatoms. The molecule has 0 fully saturated rings. The molecule has 0 aliphatic heterocycles. The second kappa shape index (κ2) is 7.47. The van der Waals surface area contributed by atoms with Crippen LogP contribution in [0.25, 0.3) is 0 Å². The molecular formula is C14H22O. The van der Waals surface area contributed by atoms with Crippen LogP contribution < -0.4 is 0 Å². The van der Waals surface area contributed by atoms with E-state index in [1.165, 1.54) is 24.8 Å². The molecule has 0 bridgehead atoms. The first-order valence-electron chi connectivity index (χ1n) is 5.98. The van der Waals surface area contributed by atoms with E-state index in [9.17, 15) is 0 Å². The molecule has 0 amide bonds. The fourth-order valence-electron chi connectivity index (χ4n) is 1.64. The highest BCUT2D eigenvalue weighted by Crippen LogP contribution is 2.06. The first kappa shape index (κ1) is 12.3. The summed E-state index contributed by atoms with van der Waals surface area (Å²) in [4.78, 5) is 0. The zero-order valence-corrected chi connectivity index (χ0v) is 9.91. The molecule has 0 unspecified atom stereocenters. The highest BCUT2D eigenvalue weighted by Gasteiger charge is 2.02. The van der Waals surface area contributed by atoms with E-state index < -0.39 is 0 Å². The van der Waals surface area contributed by atoms with E-state index in [1.54, 1.807) is 0 Å². The van der Waals surface area contributed by atoms with Crippen molar-refractivity contribution in [3.63, 3.8) is 0 Å². The molecule has 0 saturated carbocycles. The standard InChI is InChI=1S/C14H22O/c1-3-4-8-11-15-13(2)12-14-9-6-5-7-10-14/h5-7,9-10,13H,3-4,8,11-12H2,1-2H3/t13-/m1/s1. The number of unbranched alkanes of at least 4 members (excludes halogenated alkanes) is 2. The maximum absolute atomic E-state index is 5.75. The molecule has 1 aromatic carbocycles. The molecule has 0 N–H and O–H groups in total. The van der Waals surface area contributed by atoms with Crippen molar-refractivity contribution in [2.24, 2.45) is 0 Å². The third kappa shape index (κ3) is 5.58. The summed E-state index contributed by atoms with van der Waals surface area (Å²) in [6, 6.07) is 10.5. The van der Waals surface area contributed by atoms with E-state index >= 15 is 0 Å². The Morgan fingerprint density at radius 1 is 1.13 bits per heavy atom. The second-order valence-electron chi connectivity index (χ2n) is 4.08. The zero-order valence-electron chi connectivity index (χ0n) is 9.91. The fraction of sp³-hybridized carbons (Fsp3) is 0.571. The molecule has 1 atom stereocenters. The molecule has 0 heterocycles. The monoisotopic (exact) mass is 206 g/mol. The summed E-state index contributed by atoms with van der Waals surface area (Å²) in [6.45, 7) is 5.27. The molecular weight excluding hydrogens is 184 g/mol. The lowest BCUT2D eigenvalue weighted by atomic mass is 10.1. The van der Waals surface area contributed by atoms with Gasteiger partial charge in [0.15, 0.2) is 0 Å². The maximum atomic E-state index is 5.75. The number of benzene rings is 1. The summed E-state index contributed by atoms with van der Waals surface area (Å²) in [7, 11) is 0. The fourth-order valence-corrected chi connectivity index (χ4v) is 1.64. The minimum absolute atomic E-state index is 0.337. The summed E-state index contributed by atoms with van der Waals surface area (Å²) >= 11 is 0. The van der Waals surface area contributed by atoms with E-state index in [0.717, 1.165) is 13.0 Å². The number of ether oxygens (including phenoxy) is 1. The molecule has 0 aliphatic carbocycles. The van der Waals surface area contributed by atoms with E-state index in [1.807, 2.05) is 0 Å². The van der Waals surface area contributed by atoms with Gasteiger partial charge < -0.3 is 4.74 Å². The average Bonchev–Trinajstić information content (AvgIpc) is 2.26. The molecule has 15 heavy (non-hydrogen) atoms. The maximum Gasteiger partial charge on any atom is 0.0587 e. The molecule has 1 aromatic rings. The predicted molar refractivity (Wildman–Crippen MR) is 65.1 cm³/mol. The van der Waals surface area contributed by atoms with Crippen molar-refractivity contribution in [3.05, 3.63) is 35.9 Å². The topological polar surface area (TPSA) is 9.23 Å². The third-order valence-corrected chi connectivity index (χ3v) is 2.52. The molecule has 0 saturated heterocycles. The van der Waals surface area contributed by atoms with Crippen molar-refractivity contribution in [1.82, 2.24) is 0 Å². The second-order valence-corrected chi connectivity index (χ2v) is 4.08. The molecule has 0 radical (unpaired) electrons. The minimum Gasteiger partial charge on any atom is -0.378 e. The van der Waals surface area contributed by atoms with Gasteiger partial charge in [-0.2, -0.15) is 0 Å². The Kier molecular flexibility index (Phi) is 6.10. The van der Waals surface area contributed by atoms with Crippen LogP contribution in [0.4, 0.5) is 0 Å². The Bertz CT molecular complexity index is 243. The first-order chi connectivity index (χ1) is 7.33. The highest BCUT2D eigenvalue weighted by molar-refractivity contribution is 5.15. The molecule has 1 nitrogen and oxygen atoms in total. The van der Waals surface area contributed by atoms with Crippen molar-refractivity contribution < 1.29 is 4.74 Å². The first-order valence-corrected chi connectivity index (χ1v) is 5.98. The Morgan fingerprint density at radius 3 is 2.53 bits per heavy atom. The van der Waals surface area contributed by atoms with Crippen LogP contribution in [-0.4, -0.2) is 12.7 Å². The van der Waals surface area contributed by atoms with Gasteiger partial charge in [0.2, 0.25) is 0 Å². The summed E-state index contributed by atoms with van der Waals surface area (Å²) in [5.74, 6) is 0. The summed E-state index contributed by atoms with van der Waals surface area (Å²) in [5.41, 5.74) is 1.36. The predicted octanol–water partition coefficient (Wildman–Crippen LogP) is 3.82. The Balaban J connectivity index is 2.16. The van der Waals surface area contributed by atoms with Gasteiger partial charge in [-0.1, -0.05) is 50.1 Å². The number of rotatable bonds is 7. The van der Waals surface area contributed by atoms with Crippen LogP contribution in [0.1, 0.15) is 38.7 Å². The van der Waals surface area contributed by atoms with Crippen molar-refractivity contribution in [2.45, 2.75) is 45.6 Å². The van der Waals surface area contributed by atoms with E-state index in [-0.39, 0.29) is 0 Å². The van der Waals surface area contributed by atoms with Crippen LogP contribution in [0.2, 0.25) is 0 Å². The van der Waals surface area contributed by atoms with E-state index in [4.69, 9.17) is 4.74 Å². The van der Waals surface area contributed by atoms with Crippen LogP contribution in [0.15, 0.2) is 30.3 Å². The smallest absolute Gasteiger partial charge is 0.0587 e. The molecule has 0 spiro atoms. The Morgan fingerprint density at radius 2 is 1.87 bits per heavy atom. The van der Waals surface area contributed by atoms with Crippen molar-refractivity contribution in [2.75, 3.05) is 6.61 Å². The lowest BCUT2D eigenvalue weighted by molar-refractivity contribution is 0.0637. The van der Waals surface area contributed by atoms with Crippen LogP contribution in [0.3, 0.4) is 0 Å². The largest absolute Gasteiger partial charge is 0.378 e. The van der Waals surface area contributed by atoms with Crippen LogP contribution >= 0.6 is 0 Å². The summed E-state index contributed by atoms with van der Waals surface area (Å²) in [5, 5.41) is 0. The SMILES string of the molecule is CCCCCO[C@H](C)Cc1ccccc1. The van der Waals surface area contributed by atoms with Crippen molar-refractivity contribution >= 4 is 0 Å². The lowest BCUT2D eigenvalue weighted by Gasteiger charge is -2.12. The van der Waals surface area contributed by atoms with Gasteiger partial charge in [-0.25, -0.2) is 0 Å². The van der Waals surface area contributed by atoms with Gasteiger partial charge in [0.05, 0.1) is 6.10 Å². The number of hydrogen-bond donors (Lipinski definition) is 0. The van der Waals surface area contributed by atoms with Crippen LogP contribution in [0, 0.1) is 0 Å². The zero-order chi connectivity index (χ0) is 10.9. The Hall–Kier alpha value is -0.820. The van der Waals surface area contributed by atoms with Gasteiger partial charge in [-0.3, -0.25) is 0 Å². The summed E-state index contributed by atoms with van der Waals surface area (Å²) < 4.78 is 5.75. The van der Waals surface area contributed by atoms with Gasteiger partial charge in [0.25, 0.3) is 0 Å². The lowest BCUT2D eigenvalue weighted by Crippen LogP contribution is -2.12. The molecule has 1 rings (SSSR count). The highest BCUT2D eigenvalue weighted by atomic mass is 16.5. The van der Waals surface area contributed by atoms with Gasteiger partial charge in [-0.15, -0.1) is 0 Å².